The van der Waals surface area contributed by atoms with Gasteiger partial charge < -0.3 is 14.1 Å². The molecule has 11 heteroatoms. The molecule has 2 aromatic heterocycles. The number of amides is 1. The number of aromatic nitrogens is 4. The zero-order valence-electron chi connectivity index (χ0n) is 23.0. The molecule has 4 aliphatic rings. The molecule has 6 rings (SSSR count). The summed E-state index contributed by atoms with van der Waals surface area (Å²) in [6, 6.07) is 0.621. The highest BCUT2D eigenvalue weighted by Gasteiger charge is 2.55. The van der Waals surface area contributed by atoms with E-state index in [1.54, 1.807) is 17.3 Å². The molecule has 2 unspecified atom stereocenters. The number of rotatable bonds is 5. The summed E-state index contributed by atoms with van der Waals surface area (Å²) in [5.41, 5.74) is 0.663. The number of hydrogen-bond acceptors (Lipinski definition) is 8. The Hall–Kier alpha value is -2.14. The lowest BCUT2D eigenvalue weighted by Gasteiger charge is -2.35. The van der Waals surface area contributed by atoms with E-state index in [9.17, 15) is 4.79 Å². The summed E-state index contributed by atoms with van der Waals surface area (Å²) >= 11 is 6.84. The highest BCUT2D eigenvalue weighted by Crippen LogP contribution is 2.54. The fourth-order valence-electron chi connectivity index (χ4n) is 6.18. The van der Waals surface area contributed by atoms with Crippen LogP contribution < -0.4 is 9.80 Å². The van der Waals surface area contributed by atoms with E-state index in [0.29, 0.717) is 53.7 Å². The maximum absolute atomic E-state index is 14.1. The number of hydrogen-bond donors (Lipinski definition) is 0. The van der Waals surface area contributed by atoms with E-state index in [1.807, 2.05) is 0 Å². The molecular formula is C27H37ClN6O3Si. The van der Waals surface area contributed by atoms with Crippen LogP contribution in [-0.2, 0) is 26.0 Å². The number of nitrogens with zero attached hydrogens (tertiary/aromatic N) is 6. The Morgan fingerprint density at radius 1 is 1.11 bits per heavy atom. The smallest absolute Gasteiger partial charge is 0.243 e. The van der Waals surface area contributed by atoms with Crippen molar-refractivity contribution in [3.8, 4) is 0 Å². The summed E-state index contributed by atoms with van der Waals surface area (Å²) in [4.78, 5) is 37.0. The van der Waals surface area contributed by atoms with Gasteiger partial charge in [0, 0.05) is 5.56 Å². The van der Waals surface area contributed by atoms with E-state index in [-0.39, 0.29) is 17.6 Å². The lowest BCUT2D eigenvalue weighted by molar-refractivity contribution is -0.122. The zero-order chi connectivity index (χ0) is 26.9. The number of morpholine rings is 1. The van der Waals surface area contributed by atoms with Crippen LogP contribution in [0.25, 0.3) is 0 Å². The Morgan fingerprint density at radius 2 is 1.74 bits per heavy atom. The zero-order valence-corrected chi connectivity index (χ0v) is 24.7. The van der Waals surface area contributed by atoms with Crippen molar-refractivity contribution in [1.82, 2.24) is 19.9 Å². The summed E-state index contributed by atoms with van der Waals surface area (Å²) in [6.07, 6.45) is 9.10. The van der Waals surface area contributed by atoms with Gasteiger partial charge in [0.05, 0.1) is 55.4 Å². The fraction of sp³-hybridized carbons (Fsp3) is 0.667. The highest BCUT2D eigenvalue weighted by atomic mass is 35.5. The second-order valence-electron chi connectivity index (χ2n) is 12.7. The van der Waals surface area contributed by atoms with Crippen LogP contribution in [0.5, 0.6) is 0 Å². The van der Waals surface area contributed by atoms with Crippen LogP contribution in [0, 0.1) is 0 Å². The van der Waals surface area contributed by atoms with Crippen molar-refractivity contribution in [2.45, 2.75) is 102 Å². The van der Waals surface area contributed by atoms with Gasteiger partial charge in [-0.1, -0.05) is 45.2 Å². The van der Waals surface area contributed by atoms with Crippen LogP contribution in [0.15, 0.2) is 12.4 Å². The standard InChI is InChI=1S/C27H37ClN6O3Si/c1-26(2,3)38(4,5)37-16-20-31-22(28)21-23(32-20)34(24(35)27(21)10-6-7-11-27)19-12-29-25(30-13-19)33-17-8-9-18(33)15-36-14-17/h12-13,17-18H,6-11,14-16H2,1-5H3. The molecule has 0 aromatic carbocycles. The lowest BCUT2D eigenvalue weighted by Crippen LogP contribution is -2.46. The van der Waals surface area contributed by atoms with E-state index >= 15 is 0 Å². The number of carbonyl (C=O) groups is 1. The maximum atomic E-state index is 14.1. The van der Waals surface area contributed by atoms with E-state index in [0.717, 1.165) is 44.1 Å². The Kier molecular flexibility index (Phi) is 6.33. The van der Waals surface area contributed by atoms with Gasteiger partial charge in [0.25, 0.3) is 0 Å². The first-order chi connectivity index (χ1) is 18.0. The third-order valence-corrected chi connectivity index (χ3v) is 14.1. The molecule has 1 amide bonds. The van der Waals surface area contributed by atoms with Crippen molar-refractivity contribution in [1.29, 1.82) is 0 Å². The molecule has 0 radical (unpaired) electrons. The Morgan fingerprint density at radius 3 is 2.34 bits per heavy atom. The number of anilines is 3. The molecule has 9 nitrogen and oxygen atoms in total. The summed E-state index contributed by atoms with van der Waals surface area (Å²) in [5.74, 6) is 1.73. The van der Waals surface area contributed by atoms with E-state index in [2.05, 4.69) is 43.7 Å². The number of ether oxygens (including phenoxy) is 1. The van der Waals surface area contributed by atoms with Crippen LogP contribution in [0.4, 0.5) is 17.5 Å². The molecule has 2 aromatic rings. The molecule has 204 valence electrons. The maximum Gasteiger partial charge on any atom is 0.243 e. The quantitative estimate of drug-likeness (QED) is 0.362. The Balaban J connectivity index is 1.35. The highest BCUT2D eigenvalue weighted by molar-refractivity contribution is 6.74. The second kappa shape index (κ2) is 9.21. The number of carbonyl (C=O) groups excluding carboxylic acids is 1. The molecular weight excluding hydrogens is 520 g/mol. The van der Waals surface area contributed by atoms with Crippen molar-refractivity contribution >= 4 is 43.3 Å². The minimum atomic E-state index is -2.02. The van der Waals surface area contributed by atoms with Gasteiger partial charge in [-0.2, -0.15) is 0 Å². The monoisotopic (exact) mass is 556 g/mol. The molecule has 0 N–H and O–H groups in total. The molecule has 1 saturated carbocycles. The minimum Gasteiger partial charge on any atom is -0.409 e. The molecule has 38 heavy (non-hydrogen) atoms. The SMILES string of the molecule is CC(C)(C)[Si](C)(C)OCc1nc(Cl)c2c(n1)N(c1cnc(N3C4CCC3COC4)nc1)C(=O)C21CCCC1. The van der Waals surface area contributed by atoms with Crippen molar-refractivity contribution < 1.29 is 14.0 Å². The van der Waals surface area contributed by atoms with Crippen molar-refractivity contribution in [3.05, 3.63) is 28.9 Å². The van der Waals surface area contributed by atoms with Gasteiger partial charge >= 0.3 is 0 Å². The largest absolute Gasteiger partial charge is 0.409 e. The predicted octanol–water partition coefficient (Wildman–Crippen LogP) is 5.30. The number of halogens is 1. The van der Waals surface area contributed by atoms with Crippen molar-refractivity contribution in [3.63, 3.8) is 0 Å². The van der Waals surface area contributed by atoms with Crippen LogP contribution in [-0.4, -0.2) is 59.5 Å². The molecule has 5 heterocycles. The lowest BCUT2D eigenvalue weighted by atomic mass is 9.81. The van der Waals surface area contributed by atoms with Gasteiger partial charge in [-0.3, -0.25) is 9.69 Å². The summed E-state index contributed by atoms with van der Waals surface area (Å²) < 4.78 is 12.1. The van der Waals surface area contributed by atoms with Crippen LogP contribution >= 0.6 is 11.6 Å². The summed E-state index contributed by atoms with van der Waals surface area (Å²) in [7, 11) is -2.02. The average molecular weight is 557 g/mol. The van der Waals surface area contributed by atoms with Crippen molar-refractivity contribution in [2.24, 2.45) is 0 Å². The van der Waals surface area contributed by atoms with E-state index in [4.69, 9.17) is 35.7 Å². The Labute approximate surface area is 230 Å². The predicted molar refractivity (Wildman–Crippen MR) is 148 cm³/mol. The third kappa shape index (κ3) is 4.06. The molecule has 2 atom stereocenters. The van der Waals surface area contributed by atoms with Gasteiger partial charge in [-0.05, 0) is 43.8 Å². The van der Waals surface area contributed by atoms with E-state index in [1.165, 1.54) is 0 Å². The van der Waals surface area contributed by atoms with Gasteiger partial charge in [-0.25, -0.2) is 19.9 Å². The molecule has 2 saturated heterocycles. The minimum absolute atomic E-state index is 0.00791. The van der Waals surface area contributed by atoms with Crippen LogP contribution in [0.3, 0.4) is 0 Å². The van der Waals surface area contributed by atoms with Crippen LogP contribution in [0.2, 0.25) is 23.3 Å². The first-order valence-corrected chi connectivity index (χ1v) is 17.0. The average Bonchev–Trinajstić information content (AvgIpc) is 3.52. The molecule has 3 fully saturated rings. The summed E-state index contributed by atoms with van der Waals surface area (Å²) in [6.45, 7) is 12.7. The first-order valence-electron chi connectivity index (χ1n) is 13.8. The summed E-state index contributed by atoms with van der Waals surface area (Å²) in [5, 5.41) is 0.409. The van der Waals surface area contributed by atoms with Crippen molar-refractivity contribution in [2.75, 3.05) is 23.0 Å². The molecule has 1 spiro atoms. The molecule has 2 bridgehead atoms. The number of fused-ring (bicyclic) bond motifs is 4. The van der Waals surface area contributed by atoms with Gasteiger partial charge in [0.1, 0.15) is 11.0 Å². The fourth-order valence-corrected chi connectivity index (χ4v) is 7.47. The molecule has 1 aliphatic carbocycles. The Bertz CT molecular complexity index is 1230. The molecule has 3 aliphatic heterocycles. The van der Waals surface area contributed by atoms with Gasteiger partial charge in [0.15, 0.2) is 14.1 Å². The first kappa shape index (κ1) is 26.1. The van der Waals surface area contributed by atoms with Gasteiger partial charge in [0.2, 0.25) is 11.9 Å². The van der Waals surface area contributed by atoms with Gasteiger partial charge in [-0.15, -0.1) is 0 Å². The third-order valence-electron chi connectivity index (χ3n) is 9.37. The van der Waals surface area contributed by atoms with Crippen LogP contribution in [0.1, 0.15) is 70.7 Å². The second-order valence-corrected chi connectivity index (χ2v) is 17.8. The van der Waals surface area contributed by atoms with E-state index < -0.39 is 13.7 Å². The topological polar surface area (TPSA) is 93.6 Å². The normalized spacial score (nSPS) is 24.5.